The van der Waals surface area contributed by atoms with Crippen molar-refractivity contribution in [2.45, 2.75) is 20.4 Å². The van der Waals surface area contributed by atoms with E-state index in [2.05, 4.69) is 25.9 Å². The summed E-state index contributed by atoms with van der Waals surface area (Å²) in [5, 5.41) is 0. The van der Waals surface area contributed by atoms with E-state index in [1.54, 1.807) is 31.8 Å². The van der Waals surface area contributed by atoms with Crippen molar-refractivity contribution >= 4 is 27.5 Å². The molecule has 12 heteroatoms. The quantitative estimate of drug-likeness (QED) is 0.202. The number of nitrogens with zero attached hydrogens (tertiary/aromatic N) is 6. The zero-order valence-corrected chi connectivity index (χ0v) is 27.0. The molecule has 3 aromatic carbocycles. The van der Waals surface area contributed by atoms with E-state index in [0.29, 0.717) is 24.4 Å². The number of imidazole rings is 2. The molecular formula is C33H33BrF2N6O3. The highest BCUT2D eigenvalue weighted by Gasteiger charge is 2.25. The summed E-state index contributed by atoms with van der Waals surface area (Å²) in [5.74, 6) is -0.361. The number of aromatic nitrogens is 4. The SMILES string of the molecule is COc1cc(Br)ccc1-n1cnc(C)c1.COc1cc(N2CCN(Cc3ccc(F)c(F)c3)C(=O)C2)ccc1-n1cnc(C)c1. The second-order valence-corrected chi connectivity index (χ2v) is 11.4. The summed E-state index contributed by atoms with van der Waals surface area (Å²) in [5.41, 5.74) is 5.20. The molecule has 0 atom stereocenters. The van der Waals surface area contributed by atoms with Gasteiger partial charge < -0.3 is 28.4 Å². The van der Waals surface area contributed by atoms with Gasteiger partial charge in [0.2, 0.25) is 5.91 Å². The van der Waals surface area contributed by atoms with Gasteiger partial charge in [0.25, 0.3) is 0 Å². The molecule has 0 radical (unpaired) electrons. The number of hydrogen-bond acceptors (Lipinski definition) is 6. The van der Waals surface area contributed by atoms with Crippen molar-refractivity contribution in [1.29, 1.82) is 0 Å². The molecular weight excluding hydrogens is 646 g/mol. The summed E-state index contributed by atoms with van der Waals surface area (Å²) in [6, 6.07) is 15.4. The fourth-order valence-corrected chi connectivity index (χ4v) is 5.34. The summed E-state index contributed by atoms with van der Waals surface area (Å²) in [6.45, 7) is 5.46. The highest BCUT2D eigenvalue weighted by atomic mass is 79.9. The molecule has 1 aliphatic heterocycles. The number of benzene rings is 3. The third-order valence-electron chi connectivity index (χ3n) is 7.33. The minimum atomic E-state index is -0.904. The van der Waals surface area contributed by atoms with Gasteiger partial charge in [-0.2, -0.15) is 0 Å². The van der Waals surface area contributed by atoms with Gasteiger partial charge in [0, 0.05) is 48.3 Å². The molecule has 0 unspecified atom stereocenters. The second kappa shape index (κ2) is 13.9. The van der Waals surface area contributed by atoms with Crippen molar-refractivity contribution in [3.05, 3.63) is 113 Å². The molecule has 2 aromatic heterocycles. The van der Waals surface area contributed by atoms with Crippen LogP contribution in [0.2, 0.25) is 0 Å². The average molecular weight is 680 g/mol. The first kappa shape index (κ1) is 31.7. The fourth-order valence-electron chi connectivity index (χ4n) is 5.00. The number of aryl methyl sites for hydroxylation is 2. The molecule has 0 saturated carbocycles. The van der Waals surface area contributed by atoms with E-state index >= 15 is 0 Å². The van der Waals surface area contributed by atoms with Gasteiger partial charge in [0.15, 0.2) is 11.6 Å². The van der Waals surface area contributed by atoms with Crippen LogP contribution in [0.25, 0.3) is 11.4 Å². The van der Waals surface area contributed by atoms with Gasteiger partial charge in [-0.05, 0) is 61.9 Å². The highest BCUT2D eigenvalue weighted by molar-refractivity contribution is 9.10. The van der Waals surface area contributed by atoms with E-state index in [1.165, 1.54) is 6.07 Å². The molecule has 45 heavy (non-hydrogen) atoms. The molecule has 1 saturated heterocycles. The van der Waals surface area contributed by atoms with Crippen LogP contribution < -0.4 is 14.4 Å². The Morgan fingerprint density at radius 3 is 1.98 bits per heavy atom. The van der Waals surface area contributed by atoms with Crippen LogP contribution in [0.5, 0.6) is 11.5 Å². The standard InChI is InChI=1S/C22H22F2N4O2.C11H11BrN2O/c1-15-11-28(14-25-15)20-6-4-17(10-21(20)30-2)26-7-8-27(22(29)13-26)12-16-3-5-18(23)19(24)9-16;1-8-6-14(7-13-8)10-4-3-9(12)5-11(10)15-2/h3-6,9-11,14H,7-8,12-13H2,1-2H3;3-7H,1-2H3. The van der Waals surface area contributed by atoms with Crippen LogP contribution in [0.3, 0.4) is 0 Å². The lowest BCUT2D eigenvalue weighted by atomic mass is 10.1. The van der Waals surface area contributed by atoms with E-state index in [4.69, 9.17) is 9.47 Å². The maximum Gasteiger partial charge on any atom is 0.242 e. The van der Waals surface area contributed by atoms with Gasteiger partial charge >= 0.3 is 0 Å². The molecule has 1 amide bonds. The summed E-state index contributed by atoms with van der Waals surface area (Å²) in [7, 11) is 3.27. The van der Waals surface area contributed by atoms with Crippen LogP contribution in [-0.2, 0) is 11.3 Å². The number of anilines is 1. The van der Waals surface area contributed by atoms with Crippen molar-refractivity contribution < 1.29 is 23.0 Å². The molecule has 0 bridgehead atoms. The van der Waals surface area contributed by atoms with Gasteiger partial charge in [-0.15, -0.1) is 0 Å². The Hall–Kier alpha value is -4.71. The Labute approximate surface area is 268 Å². The number of methoxy groups -OCH3 is 2. The fraction of sp³-hybridized carbons (Fsp3) is 0.242. The van der Waals surface area contributed by atoms with Gasteiger partial charge in [-0.3, -0.25) is 4.79 Å². The van der Waals surface area contributed by atoms with Crippen LogP contribution in [0.1, 0.15) is 17.0 Å². The smallest absolute Gasteiger partial charge is 0.242 e. The number of rotatable bonds is 7. The average Bonchev–Trinajstić information content (AvgIpc) is 3.67. The minimum absolute atomic E-state index is 0.0701. The summed E-state index contributed by atoms with van der Waals surface area (Å²) in [6.07, 6.45) is 7.39. The number of halogens is 3. The van der Waals surface area contributed by atoms with E-state index in [1.807, 2.05) is 76.7 Å². The highest BCUT2D eigenvalue weighted by Crippen LogP contribution is 2.30. The van der Waals surface area contributed by atoms with Crippen LogP contribution in [0.15, 0.2) is 84.1 Å². The Morgan fingerprint density at radius 2 is 1.42 bits per heavy atom. The molecule has 3 heterocycles. The molecule has 234 valence electrons. The summed E-state index contributed by atoms with van der Waals surface area (Å²) in [4.78, 5) is 24.7. The van der Waals surface area contributed by atoms with Crippen molar-refractivity contribution in [2.24, 2.45) is 0 Å². The van der Waals surface area contributed by atoms with Crippen LogP contribution in [-0.4, -0.2) is 63.8 Å². The number of carbonyl (C=O) groups excluding carboxylic acids is 1. The molecule has 9 nitrogen and oxygen atoms in total. The lowest BCUT2D eigenvalue weighted by Gasteiger charge is -2.36. The molecule has 0 N–H and O–H groups in total. The van der Waals surface area contributed by atoms with E-state index in [-0.39, 0.29) is 19.0 Å². The molecule has 1 aliphatic rings. The van der Waals surface area contributed by atoms with Gasteiger partial charge in [-0.1, -0.05) is 22.0 Å². The van der Waals surface area contributed by atoms with Crippen molar-refractivity contribution in [3.8, 4) is 22.9 Å². The van der Waals surface area contributed by atoms with Crippen molar-refractivity contribution in [2.75, 3.05) is 38.8 Å². The third-order valence-corrected chi connectivity index (χ3v) is 7.82. The molecule has 5 aromatic rings. The van der Waals surface area contributed by atoms with Gasteiger partial charge in [0.05, 0.1) is 56.2 Å². The van der Waals surface area contributed by atoms with Crippen molar-refractivity contribution in [3.63, 3.8) is 0 Å². The number of carbonyl (C=O) groups is 1. The van der Waals surface area contributed by atoms with Crippen LogP contribution in [0, 0.1) is 25.5 Å². The molecule has 6 rings (SSSR count). The largest absolute Gasteiger partial charge is 0.495 e. The maximum atomic E-state index is 13.4. The third kappa shape index (κ3) is 7.51. The Balaban J connectivity index is 0.000000223. The number of ether oxygens (including phenoxy) is 2. The van der Waals surface area contributed by atoms with Gasteiger partial charge in [0.1, 0.15) is 11.5 Å². The van der Waals surface area contributed by atoms with Gasteiger partial charge in [-0.25, -0.2) is 18.7 Å². The minimum Gasteiger partial charge on any atom is -0.495 e. The Bertz CT molecular complexity index is 1810. The van der Waals surface area contributed by atoms with Crippen LogP contribution in [0.4, 0.5) is 14.5 Å². The topological polar surface area (TPSA) is 77.7 Å². The Kier molecular flexibility index (Phi) is 9.82. The molecule has 1 fully saturated rings. The molecule has 0 spiro atoms. The monoisotopic (exact) mass is 678 g/mol. The number of piperazine rings is 1. The molecule has 0 aliphatic carbocycles. The van der Waals surface area contributed by atoms with E-state index < -0.39 is 11.6 Å². The first-order valence-corrected chi connectivity index (χ1v) is 14.9. The van der Waals surface area contributed by atoms with E-state index in [9.17, 15) is 13.6 Å². The Morgan fingerprint density at radius 1 is 0.800 bits per heavy atom. The zero-order chi connectivity index (χ0) is 32.1. The van der Waals surface area contributed by atoms with Crippen LogP contribution >= 0.6 is 15.9 Å². The second-order valence-electron chi connectivity index (χ2n) is 10.5. The maximum absolute atomic E-state index is 13.4. The lowest BCUT2D eigenvalue weighted by Crippen LogP contribution is -2.50. The summed E-state index contributed by atoms with van der Waals surface area (Å²) < 4.78 is 42.3. The normalized spacial score (nSPS) is 13.0. The first-order valence-electron chi connectivity index (χ1n) is 14.2. The lowest BCUT2D eigenvalue weighted by molar-refractivity contribution is -0.131. The number of hydrogen-bond donors (Lipinski definition) is 0. The predicted octanol–water partition coefficient (Wildman–Crippen LogP) is 6.27. The zero-order valence-electron chi connectivity index (χ0n) is 25.4. The number of amides is 1. The first-order chi connectivity index (χ1) is 21.6. The van der Waals surface area contributed by atoms with Crippen molar-refractivity contribution in [1.82, 2.24) is 24.0 Å². The summed E-state index contributed by atoms with van der Waals surface area (Å²) >= 11 is 3.41. The predicted molar refractivity (Wildman–Crippen MR) is 171 cm³/mol. The van der Waals surface area contributed by atoms with E-state index in [0.717, 1.165) is 50.8 Å².